The highest BCUT2D eigenvalue weighted by Gasteiger charge is 2.03. The normalized spacial score (nSPS) is 10.8. The molecule has 1 aromatic carbocycles. The Bertz CT molecular complexity index is 330. The number of phenols is 1. The number of hydrogen-bond donors (Lipinski definition) is 1. The summed E-state index contributed by atoms with van der Waals surface area (Å²) in [5, 5.41) is 9.86. The summed E-state index contributed by atoms with van der Waals surface area (Å²) in [6.45, 7) is 4.46. The Hall–Kier alpha value is -0.980. The van der Waals surface area contributed by atoms with Crippen molar-refractivity contribution in [3.05, 3.63) is 29.3 Å². The summed E-state index contributed by atoms with van der Waals surface area (Å²) >= 11 is 0. The average molecular weight is 248 g/mol. The van der Waals surface area contributed by atoms with Crippen LogP contribution in [0.15, 0.2) is 18.2 Å². The van der Waals surface area contributed by atoms with Crippen LogP contribution in [0.1, 0.15) is 69.9 Å². The van der Waals surface area contributed by atoms with Gasteiger partial charge >= 0.3 is 0 Å². The van der Waals surface area contributed by atoms with Gasteiger partial charge in [0.05, 0.1) is 0 Å². The highest BCUT2D eigenvalue weighted by molar-refractivity contribution is 5.36. The van der Waals surface area contributed by atoms with E-state index in [9.17, 15) is 5.11 Å². The molecule has 0 heterocycles. The molecule has 0 atom stereocenters. The molecule has 1 aromatic rings. The van der Waals surface area contributed by atoms with Gasteiger partial charge in [0.1, 0.15) is 5.75 Å². The molecule has 1 N–H and O–H groups in total. The van der Waals surface area contributed by atoms with Crippen molar-refractivity contribution in [1.29, 1.82) is 0 Å². The third-order valence-electron chi connectivity index (χ3n) is 3.51. The van der Waals surface area contributed by atoms with Crippen LogP contribution in [-0.2, 0) is 12.8 Å². The lowest BCUT2D eigenvalue weighted by Gasteiger charge is -2.08. The van der Waals surface area contributed by atoms with Crippen molar-refractivity contribution in [3.63, 3.8) is 0 Å². The smallest absolute Gasteiger partial charge is 0.118 e. The zero-order chi connectivity index (χ0) is 13.2. The monoisotopic (exact) mass is 248 g/mol. The van der Waals surface area contributed by atoms with Crippen molar-refractivity contribution in [2.45, 2.75) is 71.6 Å². The van der Waals surface area contributed by atoms with Gasteiger partial charge in [-0.1, -0.05) is 58.1 Å². The summed E-state index contributed by atoms with van der Waals surface area (Å²) in [6, 6.07) is 6.15. The van der Waals surface area contributed by atoms with E-state index in [0.29, 0.717) is 5.75 Å². The van der Waals surface area contributed by atoms with Gasteiger partial charge in [0.2, 0.25) is 0 Å². The largest absolute Gasteiger partial charge is 0.508 e. The zero-order valence-corrected chi connectivity index (χ0v) is 12.0. The molecular weight excluding hydrogens is 220 g/mol. The minimum Gasteiger partial charge on any atom is -0.508 e. The van der Waals surface area contributed by atoms with E-state index < -0.39 is 0 Å². The van der Waals surface area contributed by atoms with Crippen molar-refractivity contribution in [1.82, 2.24) is 0 Å². The van der Waals surface area contributed by atoms with Crippen LogP contribution in [0, 0.1) is 0 Å². The second-order valence-corrected chi connectivity index (χ2v) is 5.23. The molecule has 0 amide bonds. The van der Waals surface area contributed by atoms with E-state index in [0.717, 1.165) is 18.4 Å². The van der Waals surface area contributed by atoms with E-state index in [4.69, 9.17) is 0 Å². The quantitative estimate of drug-likeness (QED) is 0.592. The Morgan fingerprint density at radius 3 is 2.22 bits per heavy atom. The molecule has 0 saturated carbocycles. The summed E-state index contributed by atoms with van der Waals surface area (Å²) in [7, 11) is 0. The molecule has 0 saturated heterocycles. The minimum atomic E-state index is 0.478. The van der Waals surface area contributed by atoms with Gasteiger partial charge in [-0.15, -0.1) is 0 Å². The van der Waals surface area contributed by atoms with Crippen LogP contribution in [0.5, 0.6) is 5.75 Å². The fraction of sp³-hybridized carbons (Fsp3) is 0.647. The maximum atomic E-state index is 9.86. The Kier molecular flexibility index (Phi) is 7.55. The number of phenolic OH excluding ortho intramolecular Hbond substituents is 1. The molecule has 1 rings (SSSR count). The van der Waals surface area contributed by atoms with Crippen molar-refractivity contribution in [3.8, 4) is 5.75 Å². The van der Waals surface area contributed by atoms with E-state index in [1.807, 2.05) is 6.07 Å². The first-order chi connectivity index (χ1) is 8.77. The SMILES string of the molecule is CCCCCCc1cc(CCCCC)ccc1O. The van der Waals surface area contributed by atoms with Crippen LogP contribution in [0.4, 0.5) is 0 Å². The van der Waals surface area contributed by atoms with E-state index in [-0.39, 0.29) is 0 Å². The van der Waals surface area contributed by atoms with Crippen LogP contribution in [-0.4, -0.2) is 5.11 Å². The van der Waals surface area contributed by atoms with E-state index >= 15 is 0 Å². The Morgan fingerprint density at radius 1 is 0.833 bits per heavy atom. The van der Waals surface area contributed by atoms with Crippen LogP contribution in [0.25, 0.3) is 0 Å². The van der Waals surface area contributed by atoms with Crippen LogP contribution >= 0.6 is 0 Å². The Labute approximate surface area is 112 Å². The predicted molar refractivity (Wildman–Crippen MR) is 79.2 cm³/mol. The second kappa shape index (κ2) is 9.02. The lowest BCUT2D eigenvalue weighted by atomic mass is 10.00. The highest BCUT2D eigenvalue weighted by Crippen LogP contribution is 2.22. The molecular formula is C17H28O. The topological polar surface area (TPSA) is 20.2 Å². The molecule has 0 aliphatic rings. The van der Waals surface area contributed by atoms with Crippen molar-refractivity contribution < 1.29 is 5.11 Å². The number of unbranched alkanes of at least 4 members (excludes halogenated alkanes) is 5. The molecule has 18 heavy (non-hydrogen) atoms. The fourth-order valence-corrected chi connectivity index (χ4v) is 2.32. The lowest BCUT2D eigenvalue weighted by Crippen LogP contribution is -1.91. The first kappa shape index (κ1) is 15.1. The van der Waals surface area contributed by atoms with E-state index in [1.165, 1.54) is 50.5 Å². The van der Waals surface area contributed by atoms with Crippen LogP contribution < -0.4 is 0 Å². The first-order valence-electron chi connectivity index (χ1n) is 7.58. The summed E-state index contributed by atoms with van der Waals surface area (Å²) in [4.78, 5) is 0. The molecule has 0 bridgehead atoms. The molecule has 0 spiro atoms. The van der Waals surface area contributed by atoms with Gasteiger partial charge in [-0.3, -0.25) is 0 Å². The summed E-state index contributed by atoms with van der Waals surface area (Å²) < 4.78 is 0. The van der Waals surface area contributed by atoms with Gasteiger partial charge in [0, 0.05) is 0 Å². The molecule has 102 valence electrons. The molecule has 1 nitrogen and oxygen atoms in total. The number of rotatable bonds is 9. The fourth-order valence-electron chi connectivity index (χ4n) is 2.32. The van der Waals surface area contributed by atoms with Gasteiger partial charge in [0.25, 0.3) is 0 Å². The lowest BCUT2D eigenvalue weighted by molar-refractivity contribution is 0.466. The maximum absolute atomic E-state index is 9.86. The van der Waals surface area contributed by atoms with Gasteiger partial charge in [-0.25, -0.2) is 0 Å². The number of aryl methyl sites for hydroxylation is 2. The third kappa shape index (κ3) is 5.57. The average Bonchev–Trinajstić information content (AvgIpc) is 2.38. The molecule has 0 aliphatic heterocycles. The van der Waals surface area contributed by atoms with Gasteiger partial charge in [-0.2, -0.15) is 0 Å². The Balaban J connectivity index is 2.46. The van der Waals surface area contributed by atoms with Crippen molar-refractivity contribution >= 4 is 0 Å². The van der Waals surface area contributed by atoms with Gasteiger partial charge in [0.15, 0.2) is 0 Å². The maximum Gasteiger partial charge on any atom is 0.118 e. The molecule has 0 aliphatic carbocycles. The molecule has 0 aromatic heterocycles. The summed E-state index contributed by atoms with van der Waals surface area (Å²) in [6.07, 6.45) is 11.0. The first-order valence-corrected chi connectivity index (χ1v) is 7.58. The number of benzene rings is 1. The highest BCUT2D eigenvalue weighted by atomic mass is 16.3. The van der Waals surface area contributed by atoms with Gasteiger partial charge < -0.3 is 5.11 Å². The summed E-state index contributed by atoms with van der Waals surface area (Å²) in [5.41, 5.74) is 2.52. The van der Waals surface area contributed by atoms with Crippen LogP contribution in [0.3, 0.4) is 0 Å². The third-order valence-corrected chi connectivity index (χ3v) is 3.51. The second-order valence-electron chi connectivity index (χ2n) is 5.23. The minimum absolute atomic E-state index is 0.478. The van der Waals surface area contributed by atoms with E-state index in [2.05, 4.69) is 26.0 Å². The van der Waals surface area contributed by atoms with Crippen molar-refractivity contribution in [2.24, 2.45) is 0 Å². The molecule has 1 heteroatoms. The number of aromatic hydroxyl groups is 1. The van der Waals surface area contributed by atoms with Crippen molar-refractivity contribution in [2.75, 3.05) is 0 Å². The van der Waals surface area contributed by atoms with Gasteiger partial charge in [-0.05, 0) is 42.9 Å². The summed E-state index contributed by atoms with van der Waals surface area (Å²) in [5.74, 6) is 0.478. The number of hydrogen-bond acceptors (Lipinski definition) is 1. The van der Waals surface area contributed by atoms with E-state index in [1.54, 1.807) is 0 Å². The van der Waals surface area contributed by atoms with Crippen LogP contribution in [0.2, 0.25) is 0 Å². The molecule has 0 radical (unpaired) electrons. The Morgan fingerprint density at radius 2 is 1.50 bits per heavy atom. The predicted octanol–water partition coefficient (Wildman–Crippen LogP) is 5.25. The molecule has 0 unspecified atom stereocenters. The standard InChI is InChI=1S/C17H28O/c1-3-5-7-9-11-16-14-15(10-8-6-4-2)12-13-17(16)18/h12-14,18H,3-11H2,1-2H3. The molecule has 0 fully saturated rings. The zero-order valence-electron chi connectivity index (χ0n) is 12.0.